The van der Waals surface area contributed by atoms with Gasteiger partial charge in [0.05, 0.1) is 0 Å². The third-order valence-corrected chi connectivity index (χ3v) is 5.29. The number of nitrogens with zero attached hydrogens (tertiary/aromatic N) is 1. The number of aryl methyl sites for hydroxylation is 1. The molecule has 2 atom stereocenters. The molecule has 0 spiro atoms. The van der Waals surface area contributed by atoms with Gasteiger partial charge in [0, 0.05) is 29.7 Å². The highest BCUT2D eigenvalue weighted by Crippen LogP contribution is 2.38. The quantitative estimate of drug-likeness (QED) is 0.897. The van der Waals surface area contributed by atoms with Crippen LogP contribution in [0.2, 0.25) is 5.02 Å². The summed E-state index contributed by atoms with van der Waals surface area (Å²) in [5.41, 5.74) is 2.96. The van der Waals surface area contributed by atoms with Crippen LogP contribution >= 0.6 is 11.6 Å². The first-order valence-corrected chi connectivity index (χ1v) is 8.80. The van der Waals surface area contributed by atoms with Crippen LogP contribution in [0.25, 0.3) is 0 Å². The van der Waals surface area contributed by atoms with Crippen molar-refractivity contribution in [2.24, 2.45) is 0 Å². The van der Waals surface area contributed by atoms with Crippen molar-refractivity contribution in [3.63, 3.8) is 0 Å². The van der Waals surface area contributed by atoms with Crippen LogP contribution in [0.1, 0.15) is 56.7 Å². The molecule has 0 radical (unpaired) electrons. The lowest BCUT2D eigenvalue weighted by atomic mass is 10.0. The molecular formula is C18H27ClN2. The first kappa shape index (κ1) is 15.3. The zero-order chi connectivity index (χ0) is 14.8. The van der Waals surface area contributed by atoms with Gasteiger partial charge in [0.2, 0.25) is 0 Å². The van der Waals surface area contributed by atoms with Crippen LogP contribution in [-0.2, 0) is 6.42 Å². The number of fused-ring (bicyclic) bond motifs is 1. The van der Waals surface area contributed by atoms with Crippen molar-refractivity contribution in [2.75, 3.05) is 13.1 Å². The Balaban J connectivity index is 1.76. The third kappa shape index (κ3) is 3.44. The Morgan fingerprint density at radius 2 is 2.14 bits per heavy atom. The molecule has 0 amide bonds. The molecule has 0 bridgehead atoms. The number of piperidine rings is 1. The molecule has 0 aromatic heterocycles. The van der Waals surface area contributed by atoms with Crippen LogP contribution in [0, 0.1) is 0 Å². The molecule has 3 rings (SSSR count). The Morgan fingerprint density at radius 1 is 1.29 bits per heavy atom. The van der Waals surface area contributed by atoms with Crippen molar-refractivity contribution in [1.82, 2.24) is 10.2 Å². The lowest BCUT2D eigenvalue weighted by Crippen LogP contribution is -2.46. The molecule has 1 aromatic rings. The van der Waals surface area contributed by atoms with Crippen LogP contribution in [0.15, 0.2) is 18.2 Å². The van der Waals surface area contributed by atoms with Gasteiger partial charge in [0.25, 0.3) is 0 Å². The minimum atomic E-state index is 0.570. The topological polar surface area (TPSA) is 15.3 Å². The number of benzene rings is 1. The van der Waals surface area contributed by atoms with E-state index in [1.807, 2.05) is 0 Å². The van der Waals surface area contributed by atoms with Gasteiger partial charge in [0.1, 0.15) is 0 Å². The lowest BCUT2D eigenvalue weighted by Gasteiger charge is -2.37. The summed E-state index contributed by atoms with van der Waals surface area (Å²) in [7, 11) is 0. The largest absolute Gasteiger partial charge is 0.313 e. The highest BCUT2D eigenvalue weighted by molar-refractivity contribution is 6.30. The summed E-state index contributed by atoms with van der Waals surface area (Å²) < 4.78 is 0. The summed E-state index contributed by atoms with van der Waals surface area (Å²) in [5, 5.41) is 4.57. The number of hydrogen-bond donors (Lipinski definition) is 1. The smallest absolute Gasteiger partial charge is 0.0408 e. The molecule has 1 heterocycles. The fraction of sp³-hybridized carbons (Fsp3) is 0.667. The molecule has 1 N–H and O–H groups in total. The van der Waals surface area contributed by atoms with Crippen LogP contribution < -0.4 is 5.32 Å². The maximum Gasteiger partial charge on any atom is 0.0408 e. The van der Waals surface area contributed by atoms with E-state index in [2.05, 4.69) is 42.3 Å². The Labute approximate surface area is 133 Å². The second-order valence-electron chi connectivity index (χ2n) is 6.83. The second-order valence-corrected chi connectivity index (χ2v) is 7.27. The monoisotopic (exact) mass is 306 g/mol. The molecule has 1 fully saturated rings. The van der Waals surface area contributed by atoms with Gasteiger partial charge in [0.15, 0.2) is 0 Å². The molecule has 0 saturated carbocycles. The van der Waals surface area contributed by atoms with Gasteiger partial charge in [-0.15, -0.1) is 0 Å². The first-order chi connectivity index (χ1) is 10.1. The Morgan fingerprint density at radius 3 is 2.86 bits per heavy atom. The Kier molecular flexibility index (Phi) is 4.88. The van der Waals surface area contributed by atoms with Crippen molar-refractivity contribution in [3.8, 4) is 0 Å². The van der Waals surface area contributed by atoms with E-state index in [0.717, 1.165) is 5.02 Å². The van der Waals surface area contributed by atoms with Gasteiger partial charge in [-0.3, -0.25) is 4.90 Å². The van der Waals surface area contributed by atoms with Gasteiger partial charge in [-0.05, 0) is 69.3 Å². The van der Waals surface area contributed by atoms with Crippen molar-refractivity contribution >= 4 is 11.6 Å². The summed E-state index contributed by atoms with van der Waals surface area (Å²) in [4.78, 5) is 2.70. The number of rotatable bonds is 4. The maximum atomic E-state index is 6.15. The van der Waals surface area contributed by atoms with Crippen molar-refractivity contribution in [1.29, 1.82) is 0 Å². The van der Waals surface area contributed by atoms with Gasteiger partial charge < -0.3 is 5.32 Å². The van der Waals surface area contributed by atoms with Gasteiger partial charge in [-0.2, -0.15) is 0 Å². The van der Waals surface area contributed by atoms with Crippen molar-refractivity contribution in [3.05, 3.63) is 34.3 Å². The van der Waals surface area contributed by atoms with E-state index in [-0.39, 0.29) is 0 Å². The number of hydrogen-bond acceptors (Lipinski definition) is 2. The van der Waals surface area contributed by atoms with E-state index in [1.54, 1.807) is 0 Å². The molecule has 2 aliphatic rings. The second kappa shape index (κ2) is 6.68. The average molecular weight is 307 g/mol. The summed E-state index contributed by atoms with van der Waals surface area (Å²) in [6.45, 7) is 7.02. The standard InChI is InChI=1S/C18H27ClN2/c1-13(2)21(12-16-5-3-4-10-20-16)18-9-6-14-11-15(19)7-8-17(14)18/h7-8,11,13,16,18,20H,3-6,9-10,12H2,1-2H3. The van der Waals surface area contributed by atoms with Crippen LogP contribution in [0.4, 0.5) is 0 Å². The summed E-state index contributed by atoms with van der Waals surface area (Å²) in [6.07, 6.45) is 6.44. The SMILES string of the molecule is CC(C)N(CC1CCCCN1)C1CCc2cc(Cl)ccc21. The highest BCUT2D eigenvalue weighted by atomic mass is 35.5. The van der Waals surface area contributed by atoms with E-state index in [1.165, 1.54) is 56.3 Å². The zero-order valence-electron chi connectivity index (χ0n) is 13.2. The fourth-order valence-corrected chi connectivity index (χ4v) is 4.14. The summed E-state index contributed by atoms with van der Waals surface area (Å²) >= 11 is 6.15. The minimum absolute atomic E-state index is 0.570. The van der Waals surface area contributed by atoms with E-state index in [4.69, 9.17) is 11.6 Å². The van der Waals surface area contributed by atoms with E-state index < -0.39 is 0 Å². The zero-order valence-corrected chi connectivity index (χ0v) is 14.0. The molecule has 1 aliphatic heterocycles. The minimum Gasteiger partial charge on any atom is -0.313 e. The maximum absolute atomic E-state index is 6.15. The average Bonchev–Trinajstić information content (AvgIpc) is 2.88. The van der Waals surface area contributed by atoms with Gasteiger partial charge >= 0.3 is 0 Å². The first-order valence-electron chi connectivity index (χ1n) is 8.42. The Bertz CT molecular complexity index is 480. The summed E-state index contributed by atoms with van der Waals surface area (Å²) in [6, 6.07) is 8.28. The van der Waals surface area contributed by atoms with Crippen LogP contribution in [0.3, 0.4) is 0 Å². The normalized spacial score (nSPS) is 25.6. The molecule has 2 unspecified atom stereocenters. The predicted octanol–water partition coefficient (Wildman–Crippen LogP) is 4.18. The molecular weight excluding hydrogens is 280 g/mol. The lowest BCUT2D eigenvalue weighted by molar-refractivity contribution is 0.128. The molecule has 1 aliphatic carbocycles. The molecule has 1 saturated heterocycles. The molecule has 116 valence electrons. The molecule has 1 aromatic carbocycles. The number of halogens is 1. The Hall–Kier alpha value is -0.570. The fourth-order valence-electron chi connectivity index (χ4n) is 3.94. The molecule has 21 heavy (non-hydrogen) atoms. The number of nitrogens with one attached hydrogen (secondary N) is 1. The van der Waals surface area contributed by atoms with Crippen LogP contribution in [0.5, 0.6) is 0 Å². The predicted molar refractivity (Wildman–Crippen MR) is 90.0 cm³/mol. The molecule has 2 nitrogen and oxygen atoms in total. The third-order valence-electron chi connectivity index (χ3n) is 5.06. The summed E-state index contributed by atoms with van der Waals surface area (Å²) in [5.74, 6) is 0. The van der Waals surface area contributed by atoms with Crippen molar-refractivity contribution < 1.29 is 0 Å². The highest BCUT2D eigenvalue weighted by Gasteiger charge is 2.31. The van der Waals surface area contributed by atoms with Crippen LogP contribution in [-0.4, -0.2) is 30.1 Å². The van der Waals surface area contributed by atoms with Crippen molar-refractivity contribution in [2.45, 2.75) is 64.1 Å². The van der Waals surface area contributed by atoms with E-state index in [0.29, 0.717) is 18.1 Å². The van der Waals surface area contributed by atoms with E-state index >= 15 is 0 Å². The van der Waals surface area contributed by atoms with Gasteiger partial charge in [-0.1, -0.05) is 24.1 Å². The van der Waals surface area contributed by atoms with E-state index in [9.17, 15) is 0 Å². The molecule has 3 heteroatoms. The van der Waals surface area contributed by atoms with Gasteiger partial charge in [-0.25, -0.2) is 0 Å².